The Morgan fingerprint density at radius 3 is 2.30 bits per heavy atom. The van der Waals surface area contributed by atoms with Crippen molar-refractivity contribution >= 4 is 24.1 Å². The van der Waals surface area contributed by atoms with Crippen molar-refractivity contribution in [1.82, 2.24) is 5.32 Å². The second-order valence-corrected chi connectivity index (χ2v) is 6.42. The van der Waals surface area contributed by atoms with Crippen LogP contribution in [0.1, 0.15) is 55.5 Å². The van der Waals surface area contributed by atoms with Crippen LogP contribution in [0.2, 0.25) is 0 Å². The van der Waals surface area contributed by atoms with Crippen LogP contribution >= 0.6 is 12.4 Å². The van der Waals surface area contributed by atoms with Crippen LogP contribution < -0.4 is 11.1 Å². The van der Waals surface area contributed by atoms with E-state index < -0.39 is 0 Å². The molecule has 4 nitrogen and oxygen atoms in total. The van der Waals surface area contributed by atoms with Gasteiger partial charge in [0.1, 0.15) is 0 Å². The molecule has 0 heterocycles. The fourth-order valence-electron chi connectivity index (χ4n) is 2.72. The quantitative estimate of drug-likeness (QED) is 0.716. The van der Waals surface area contributed by atoms with E-state index >= 15 is 0 Å². The summed E-state index contributed by atoms with van der Waals surface area (Å²) in [5, 5.41) is 3.01. The second kappa shape index (κ2) is 8.46. The van der Waals surface area contributed by atoms with Crippen LogP contribution in [0.5, 0.6) is 0 Å². The Labute approximate surface area is 144 Å². The smallest absolute Gasteiger partial charge is 0.220 e. The predicted octanol–water partition coefficient (Wildman–Crippen LogP) is 2.88. The highest BCUT2D eigenvalue weighted by Gasteiger charge is 2.41. The van der Waals surface area contributed by atoms with Crippen molar-refractivity contribution in [2.24, 2.45) is 11.7 Å². The first-order valence-corrected chi connectivity index (χ1v) is 8.11. The molecule has 0 radical (unpaired) electrons. The van der Waals surface area contributed by atoms with E-state index in [9.17, 15) is 9.59 Å². The summed E-state index contributed by atoms with van der Waals surface area (Å²) in [5.74, 6) is 0.413. The molecule has 1 fully saturated rings. The minimum Gasteiger partial charge on any atom is -0.349 e. The monoisotopic (exact) mass is 338 g/mol. The zero-order valence-electron chi connectivity index (χ0n) is 13.9. The predicted molar refractivity (Wildman–Crippen MR) is 95.0 cm³/mol. The van der Waals surface area contributed by atoms with Gasteiger partial charge in [-0.2, -0.15) is 0 Å². The number of carbonyl (C=O) groups excluding carboxylic acids is 2. The number of carbonyl (C=O) groups is 2. The number of Topliss-reactive ketones (excluding diaryl/α,β-unsaturated/α-hetero) is 1. The zero-order chi connectivity index (χ0) is 16.2. The normalized spacial score (nSPS) is 16.1. The third-order valence-electron chi connectivity index (χ3n) is 4.59. The number of hydrogen-bond donors (Lipinski definition) is 2. The van der Waals surface area contributed by atoms with Gasteiger partial charge in [-0.25, -0.2) is 0 Å². The van der Waals surface area contributed by atoms with Crippen molar-refractivity contribution < 1.29 is 9.59 Å². The number of benzene rings is 1. The highest BCUT2D eigenvalue weighted by atomic mass is 35.5. The van der Waals surface area contributed by atoms with Crippen molar-refractivity contribution in [3.63, 3.8) is 0 Å². The molecule has 23 heavy (non-hydrogen) atoms. The number of nitrogens with two attached hydrogens (primary N) is 1. The molecule has 0 saturated heterocycles. The van der Waals surface area contributed by atoms with Gasteiger partial charge in [0.25, 0.3) is 0 Å². The van der Waals surface area contributed by atoms with Crippen molar-refractivity contribution in [3.8, 4) is 0 Å². The summed E-state index contributed by atoms with van der Waals surface area (Å²) in [6.07, 6.45) is 3.66. The molecule has 2 rings (SSSR count). The van der Waals surface area contributed by atoms with E-state index in [0.717, 1.165) is 19.3 Å². The highest BCUT2D eigenvalue weighted by molar-refractivity contribution is 5.98. The Balaban J connectivity index is 0.00000264. The minimum absolute atomic E-state index is 0. The maximum atomic E-state index is 12.1. The maximum Gasteiger partial charge on any atom is 0.220 e. The average Bonchev–Trinajstić information content (AvgIpc) is 3.38. The first-order chi connectivity index (χ1) is 10.5. The lowest BCUT2D eigenvalue weighted by Gasteiger charge is -2.29. The molecule has 3 N–H and O–H groups in total. The standard InChI is InChI=1S/C18H26N2O2.ClH/c1-3-13-4-6-14(7-5-13)16(21)10-11-17(22)20-18(2,12-19)15-8-9-15;/h4-7,15H,3,8-12,19H2,1-2H3,(H,20,22);1H. The third-order valence-corrected chi connectivity index (χ3v) is 4.59. The van der Waals surface area contributed by atoms with Gasteiger partial charge in [0.2, 0.25) is 5.91 Å². The first kappa shape index (κ1) is 19.7. The summed E-state index contributed by atoms with van der Waals surface area (Å²) in [7, 11) is 0. The number of halogens is 1. The fraction of sp³-hybridized carbons (Fsp3) is 0.556. The van der Waals surface area contributed by atoms with Crippen LogP contribution in [0.4, 0.5) is 0 Å². The molecule has 1 aromatic carbocycles. The minimum atomic E-state index is -0.317. The summed E-state index contributed by atoms with van der Waals surface area (Å²) in [5.41, 5.74) is 7.35. The van der Waals surface area contributed by atoms with Crippen molar-refractivity contribution in [3.05, 3.63) is 35.4 Å². The molecule has 1 amide bonds. The highest BCUT2D eigenvalue weighted by Crippen LogP contribution is 2.39. The number of aryl methyl sites for hydroxylation is 1. The number of nitrogens with one attached hydrogen (secondary N) is 1. The van der Waals surface area contributed by atoms with Crippen LogP contribution in [0.25, 0.3) is 0 Å². The molecule has 1 atom stereocenters. The molecule has 0 spiro atoms. The Kier molecular flexibility index (Phi) is 7.23. The van der Waals surface area contributed by atoms with E-state index in [1.165, 1.54) is 5.56 Å². The van der Waals surface area contributed by atoms with Gasteiger partial charge in [-0.3, -0.25) is 9.59 Å². The van der Waals surface area contributed by atoms with Gasteiger partial charge in [0, 0.05) is 24.9 Å². The van der Waals surface area contributed by atoms with Gasteiger partial charge >= 0.3 is 0 Å². The molecule has 0 bridgehead atoms. The first-order valence-electron chi connectivity index (χ1n) is 8.11. The third kappa shape index (κ3) is 5.33. The molecule has 1 saturated carbocycles. The zero-order valence-corrected chi connectivity index (χ0v) is 14.7. The Morgan fingerprint density at radius 1 is 1.22 bits per heavy atom. The van der Waals surface area contributed by atoms with E-state index in [1.807, 2.05) is 31.2 Å². The van der Waals surface area contributed by atoms with Crippen LogP contribution in [0.3, 0.4) is 0 Å². The maximum absolute atomic E-state index is 12.1. The number of hydrogen-bond acceptors (Lipinski definition) is 3. The largest absolute Gasteiger partial charge is 0.349 e. The molecular formula is C18H27ClN2O2. The number of rotatable bonds is 8. The summed E-state index contributed by atoms with van der Waals surface area (Å²) in [6, 6.07) is 7.61. The molecule has 1 unspecified atom stereocenters. The van der Waals surface area contributed by atoms with Gasteiger partial charge in [-0.15, -0.1) is 12.4 Å². The molecule has 0 aromatic heterocycles. The molecule has 1 aromatic rings. The summed E-state index contributed by atoms with van der Waals surface area (Å²) in [6.45, 7) is 4.51. The van der Waals surface area contributed by atoms with Crippen LogP contribution in [0, 0.1) is 5.92 Å². The van der Waals surface area contributed by atoms with Crippen LogP contribution in [-0.2, 0) is 11.2 Å². The van der Waals surface area contributed by atoms with E-state index in [1.54, 1.807) is 0 Å². The summed E-state index contributed by atoms with van der Waals surface area (Å²) >= 11 is 0. The molecule has 0 aliphatic heterocycles. The van der Waals surface area contributed by atoms with Crippen molar-refractivity contribution in [1.29, 1.82) is 0 Å². The van der Waals surface area contributed by atoms with Gasteiger partial charge in [0.05, 0.1) is 5.54 Å². The molecule has 5 heteroatoms. The topological polar surface area (TPSA) is 72.2 Å². The van der Waals surface area contributed by atoms with Gasteiger partial charge < -0.3 is 11.1 Å². The average molecular weight is 339 g/mol. The SMILES string of the molecule is CCc1ccc(C(=O)CCC(=O)NC(C)(CN)C2CC2)cc1.Cl. The molecule has 1 aliphatic carbocycles. The van der Waals surface area contributed by atoms with Gasteiger partial charge in [0.15, 0.2) is 5.78 Å². The van der Waals surface area contributed by atoms with E-state index in [-0.39, 0.29) is 42.5 Å². The molecule has 128 valence electrons. The summed E-state index contributed by atoms with van der Waals surface area (Å²) < 4.78 is 0. The second-order valence-electron chi connectivity index (χ2n) is 6.42. The molecular weight excluding hydrogens is 312 g/mol. The fourth-order valence-corrected chi connectivity index (χ4v) is 2.72. The van der Waals surface area contributed by atoms with Gasteiger partial charge in [-0.1, -0.05) is 31.2 Å². The summed E-state index contributed by atoms with van der Waals surface area (Å²) in [4.78, 5) is 24.2. The van der Waals surface area contributed by atoms with Crippen LogP contribution in [-0.4, -0.2) is 23.8 Å². The Hall–Kier alpha value is -1.39. The van der Waals surface area contributed by atoms with E-state index in [0.29, 0.717) is 18.0 Å². The van der Waals surface area contributed by atoms with E-state index in [4.69, 9.17) is 5.73 Å². The number of amides is 1. The van der Waals surface area contributed by atoms with E-state index in [2.05, 4.69) is 12.2 Å². The van der Waals surface area contributed by atoms with Gasteiger partial charge in [-0.05, 0) is 37.7 Å². The van der Waals surface area contributed by atoms with Crippen molar-refractivity contribution in [2.75, 3.05) is 6.54 Å². The number of ketones is 1. The lowest BCUT2D eigenvalue weighted by atomic mass is 9.95. The Morgan fingerprint density at radius 2 is 1.83 bits per heavy atom. The van der Waals surface area contributed by atoms with Crippen molar-refractivity contribution in [2.45, 2.75) is 51.5 Å². The lowest BCUT2D eigenvalue weighted by molar-refractivity contribution is -0.123. The Bertz CT molecular complexity index is 540. The molecule has 1 aliphatic rings. The van der Waals surface area contributed by atoms with Crippen LogP contribution in [0.15, 0.2) is 24.3 Å². The lowest BCUT2D eigenvalue weighted by Crippen LogP contribution is -2.53.